The SMILES string of the molecule is CCCn1cc(S(=O)(=O)N2CCC(CO)(c3cc(C=N)c(Nc4ccc(F)cc4)cc3C)CC2)cn1. The number of anilines is 2. The third kappa shape index (κ3) is 5.07. The van der Waals surface area contributed by atoms with E-state index in [4.69, 9.17) is 5.41 Å². The first-order valence-electron chi connectivity index (χ1n) is 12.0. The monoisotopic (exact) mass is 513 g/mol. The van der Waals surface area contributed by atoms with Crippen LogP contribution < -0.4 is 5.32 Å². The fraction of sp³-hybridized carbons (Fsp3) is 0.385. The van der Waals surface area contributed by atoms with Crippen LogP contribution in [-0.4, -0.2) is 53.5 Å². The Hall–Kier alpha value is -3.08. The molecule has 36 heavy (non-hydrogen) atoms. The van der Waals surface area contributed by atoms with Crippen LogP contribution >= 0.6 is 0 Å². The molecule has 0 atom stereocenters. The number of aromatic nitrogens is 2. The Kier molecular flexibility index (Phi) is 7.58. The Bertz CT molecular complexity index is 1330. The van der Waals surface area contributed by atoms with E-state index >= 15 is 0 Å². The van der Waals surface area contributed by atoms with E-state index in [-0.39, 0.29) is 30.4 Å². The maximum atomic E-state index is 13.3. The van der Waals surface area contributed by atoms with Gasteiger partial charge in [0.2, 0.25) is 10.0 Å². The number of nitrogens with zero attached hydrogens (tertiary/aromatic N) is 3. The number of piperidine rings is 1. The third-order valence-corrected chi connectivity index (χ3v) is 8.78. The molecule has 3 aromatic rings. The van der Waals surface area contributed by atoms with Gasteiger partial charge in [0.1, 0.15) is 10.7 Å². The lowest BCUT2D eigenvalue weighted by atomic mass is 9.71. The molecule has 0 aliphatic carbocycles. The molecule has 192 valence electrons. The van der Waals surface area contributed by atoms with E-state index in [0.717, 1.165) is 17.5 Å². The number of nitrogens with one attached hydrogen (secondary N) is 2. The Balaban J connectivity index is 1.57. The summed E-state index contributed by atoms with van der Waals surface area (Å²) in [4.78, 5) is 0.186. The summed E-state index contributed by atoms with van der Waals surface area (Å²) in [6, 6.07) is 9.80. The Labute approximate surface area is 211 Å². The number of aliphatic hydroxyl groups is 1. The molecule has 1 aromatic heterocycles. The summed E-state index contributed by atoms with van der Waals surface area (Å²) < 4.78 is 42.8. The molecule has 0 unspecified atom stereocenters. The van der Waals surface area contributed by atoms with Crippen LogP contribution in [0.1, 0.15) is 42.9 Å². The molecule has 10 heteroatoms. The molecular weight excluding hydrogens is 481 g/mol. The Morgan fingerprint density at radius 3 is 2.53 bits per heavy atom. The summed E-state index contributed by atoms with van der Waals surface area (Å²) in [6.07, 6.45) is 5.97. The van der Waals surface area contributed by atoms with Gasteiger partial charge in [-0.15, -0.1) is 0 Å². The fourth-order valence-electron chi connectivity index (χ4n) is 4.86. The zero-order valence-corrected chi connectivity index (χ0v) is 21.4. The second-order valence-corrected chi connectivity index (χ2v) is 11.3. The van der Waals surface area contributed by atoms with E-state index < -0.39 is 15.4 Å². The maximum Gasteiger partial charge on any atom is 0.246 e. The van der Waals surface area contributed by atoms with E-state index in [9.17, 15) is 17.9 Å². The van der Waals surface area contributed by atoms with E-state index in [1.165, 1.54) is 28.8 Å². The van der Waals surface area contributed by atoms with Crippen LogP contribution in [0.25, 0.3) is 0 Å². The number of aliphatic hydroxyl groups excluding tert-OH is 1. The summed E-state index contributed by atoms with van der Waals surface area (Å²) in [6.45, 7) is 5.03. The highest BCUT2D eigenvalue weighted by atomic mass is 32.2. The molecule has 1 fully saturated rings. The van der Waals surface area contributed by atoms with Gasteiger partial charge in [-0.1, -0.05) is 6.92 Å². The molecule has 0 amide bonds. The lowest BCUT2D eigenvalue weighted by Crippen LogP contribution is -2.47. The minimum absolute atomic E-state index is 0.127. The van der Waals surface area contributed by atoms with Crippen molar-refractivity contribution in [3.8, 4) is 0 Å². The van der Waals surface area contributed by atoms with Crippen molar-refractivity contribution in [1.82, 2.24) is 14.1 Å². The van der Waals surface area contributed by atoms with Gasteiger partial charge >= 0.3 is 0 Å². The first kappa shape index (κ1) is 26.0. The van der Waals surface area contributed by atoms with E-state index in [1.54, 1.807) is 23.0 Å². The van der Waals surface area contributed by atoms with E-state index in [2.05, 4.69) is 10.4 Å². The van der Waals surface area contributed by atoms with Crippen LogP contribution in [0.2, 0.25) is 0 Å². The molecule has 0 radical (unpaired) electrons. The molecule has 8 nitrogen and oxygen atoms in total. The number of sulfonamides is 1. The zero-order chi connectivity index (χ0) is 25.9. The van der Waals surface area contributed by atoms with Gasteiger partial charge in [0.15, 0.2) is 0 Å². The van der Waals surface area contributed by atoms with Crippen LogP contribution in [0, 0.1) is 18.2 Å². The third-order valence-electron chi connectivity index (χ3n) is 6.93. The minimum atomic E-state index is -3.67. The van der Waals surface area contributed by atoms with Gasteiger partial charge in [-0.25, -0.2) is 12.8 Å². The highest BCUT2D eigenvalue weighted by Gasteiger charge is 2.40. The zero-order valence-electron chi connectivity index (χ0n) is 20.5. The van der Waals surface area contributed by atoms with Crippen molar-refractivity contribution in [3.63, 3.8) is 0 Å². The molecule has 1 saturated heterocycles. The molecule has 1 aliphatic heterocycles. The highest BCUT2D eigenvalue weighted by molar-refractivity contribution is 7.89. The molecule has 0 saturated carbocycles. The first-order valence-corrected chi connectivity index (χ1v) is 13.5. The summed E-state index contributed by atoms with van der Waals surface area (Å²) >= 11 is 0. The standard InChI is InChI=1S/C26H32FN5O3S/c1-3-10-31-17-23(16-29-31)36(34,35)32-11-8-26(18-33,9-12-32)24-14-20(15-28)25(13-19(24)2)30-22-6-4-21(27)5-7-22/h4-7,13-17,28,30,33H,3,8-12,18H2,1-2H3. The molecule has 0 bridgehead atoms. The quantitative estimate of drug-likeness (QED) is 0.372. The number of rotatable bonds is 9. The van der Waals surface area contributed by atoms with Crippen LogP contribution in [0.3, 0.4) is 0 Å². The van der Waals surface area contributed by atoms with Gasteiger partial charge in [-0.3, -0.25) is 4.68 Å². The normalized spacial score (nSPS) is 16.1. The van der Waals surface area contributed by atoms with E-state index in [0.29, 0.717) is 36.3 Å². The first-order chi connectivity index (χ1) is 17.2. The van der Waals surface area contributed by atoms with Crippen molar-refractivity contribution in [1.29, 1.82) is 5.41 Å². The van der Waals surface area contributed by atoms with Gasteiger partial charge in [0.25, 0.3) is 0 Å². The van der Waals surface area contributed by atoms with Crippen molar-refractivity contribution in [3.05, 3.63) is 71.3 Å². The number of hydrogen-bond acceptors (Lipinski definition) is 6. The maximum absolute atomic E-state index is 13.3. The predicted molar refractivity (Wildman–Crippen MR) is 138 cm³/mol. The average Bonchev–Trinajstić information content (AvgIpc) is 3.35. The van der Waals surface area contributed by atoms with Crippen LogP contribution in [0.5, 0.6) is 0 Å². The predicted octanol–water partition coefficient (Wildman–Crippen LogP) is 4.20. The molecule has 2 heterocycles. The van der Waals surface area contributed by atoms with Gasteiger partial charge in [-0.05, 0) is 73.7 Å². The van der Waals surface area contributed by atoms with Crippen molar-refractivity contribution in [2.75, 3.05) is 25.0 Å². The van der Waals surface area contributed by atoms with Crippen LogP contribution in [0.15, 0.2) is 53.7 Å². The van der Waals surface area contributed by atoms with E-state index in [1.807, 2.05) is 26.0 Å². The van der Waals surface area contributed by atoms with Gasteiger partial charge < -0.3 is 15.8 Å². The van der Waals surface area contributed by atoms with Crippen molar-refractivity contribution < 1.29 is 17.9 Å². The van der Waals surface area contributed by atoms with Gasteiger partial charge in [-0.2, -0.15) is 9.40 Å². The summed E-state index contributed by atoms with van der Waals surface area (Å²) in [5.41, 5.74) is 3.25. The second-order valence-electron chi connectivity index (χ2n) is 9.31. The fourth-order valence-corrected chi connectivity index (χ4v) is 6.25. The summed E-state index contributed by atoms with van der Waals surface area (Å²) in [5.74, 6) is -0.326. The lowest BCUT2D eigenvalue weighted by Gasteiger charge is -2.41. The van der Waals surface area contributed by atoms with Gasteiger partial charge in [0.05, 0.1) is 12.8 Å². The summed E-state index contributed by atoms with van der Waals surface area (Å²) in [5, 5.41) is 25.8. The largest absolute Gasteiger partial charge is 0.395 e. The van der Waals surface area contributed by atoms with Crippen molar-refractivity contribution in [2.45, 2.75) is 50.0 Å². The van der Waals surface area contributed by atoms with Crippen LogP contribution in [0.4, 0.5) is 15.8 Å². The molecule has 4 rings (SSSR count). The minimum Gasteiger partial charge on any atom is -0.395 e. The van der Waals surface area contributed by atoms with Crippen molar-refractivity contribution in [2.24, 2.45) is 0 Å². The molecular formula is C26H32FN5O3S. The average molecular weight is 514 g/mol. The number of hydrogen-bond donors (Lipinski definition) is 3. The number of aryl methyl sites for hydroxylation is 2. The molecule has 0 spiro atoms. The number of halogens is 1. The molecule has 3 N–H and O–H groups in total. The topological polar surface area (TPSA) is 111 Å². The molecule has 1 aliphatic rings. The Morgan fingerprint density at radius 1 is 1.22 bits per heavy atom. The van der Waals surface area contributed by atoms with Gasteiger partial charge in [0, 0.05) is 54.4 Å². The highest BCUT2D eigenvalue weighted by Crippen LogP contribution is 2.40. The lowest BCUT2D eigenvalue weighted by molar-refractivity contribution is 0.133. The molecule has 2 aromatic carbocycles. The van der Waals surface area contributed by atoms with Crippen molar-refractivity contribution >= 4 is 27.6 Å². The smallest absolute Gasteiger partial charge is 0.246 e. The Morgan fingerprint density at radius 2 is 1.92 bits per heavy atom. The second kappa shape index (κ2) is 10.5. The van der Waals surface area contributed by atoms with Crippen LogP contribution in [-0.2, 0) is 22.0 Å². The number of benzene rings is 2. The summed E-state index contributed by atoms with van der Waals surface area (Å²) in [7, 11) is -3.67.